The van der Waals surface area contributed by atoms with Crippen molar-refractivity contribution in [1.29, 1.82) is 5.26 Å². The molecular weight excluding hydrogens is 435 g/mol. The van der Waals surface area contributed by atoms with Crippen molar-refractivity contribution in [3.05, 3.63) is 71.3 Å². The van der Waals surface area contributed by atoms with Gasteiger partial charge >= 0.3 is 0 Å². The van der Waals surface area contributed by atoms with E-state index in [9.17, 15) is 14.0 Å². The van der Waals surface area contributed by atoms with Crippen LogP contribution in [0.2, 0.25) is 0 Å². The molecule has 170 valence electrons. The molecule has 1 aliphatic heterocycles. The number of carbonyl (C=O) groups excluding carboxylic acids is 2. The van der Waals surface area contributed by atoms with Crippen LogP contribution in [0, 0.1) is 30.0 Å². The molecule has 9 heteroatoms. The van der Waals surface area contributed by atoms with Crippen LogP contribution in [0.15, 0.2) is 48.7 Å². The molecule has 2 aromatic carbocycles. The highest BCUT2D eigenvalue weighted by atomic mass is 19.1. The number of H-pyrrole nitrogens is 2. The zero-order chi connectivity index (χ0) is 23.8. The van der Waals surface area contributed by atoms with Gasteiger partial charge in [0.25, 0.3) is 5.91 Å². The van der Waals surface area contributed by atoms with Crippen molar-refractivity contribution in [3.63, 3.8) is 0 Å². The Bertz CT molecular complexity index is 1460. The van der Waals surface area contributed by atoms with E-state index in [1.165, 1.54) is 12.1 Å². The summed E-state index contributed by atoms with van der Waals surface area (Å²) in [5.74, 6) is -1.46. The van der Waals surface area contributed by atoms with Gasteiger partial charge in [0.05, 0.1) is 23.2 Å². The highest BCUT2D eigenvalue weighted by Crippen LogP contribution is 2.28. The minimum Gasteiger partial charge on any atom is -0.351 e. The van der Waals surface area contributed by atoms with E-state index in [1.54, 1.807) is 23.2 Å². The van der Waals surface area contributed by atoms with E-state index in [-0.39, 0.29) is 29.8 Å². The van der Waals surface area contributed by atoms with Crippen LogP contribution in [0.5, 0.6) is 0 Å². The van der Waals surface area contributed by atoms with E-state index < -0.39 is 5.82 Å². The van der Waals surface area contributed by atoms with Crippen LogP contribution in [0.1, 0.15) is 28.0 Å². The van der Waals surface area contributed by atoms with E-state index in [0.29, 0.717) is 24.3 Å². The summed E-state index contributed by atoms with van der Waals surface area (Å²) in [5, 5.41) is 19.7. The number of nitrogens with one attached hydrogen (secondary N) is 3. The standard InChI is InChI=1S/C25H21FN6O2/c1-14-8-23-17(12-28-31-23)10-19(14)21-4-5-22(30-21)25(34)32-7-6-15(13-32)24(33)29-18-2-3-20(26)16(9-18)11-27/h2-5,8-10,12,15,30H,6-7,13H2,1H3,(H,28,31)(H,29,33)/t15-/m0/s1. The Labute approximate surface area is 194 Å². The van der Waals surface area contributed by atoms with E-state index in [0.717, 1.165) is 33.8 Å². The van der Waals surface area contributed by atoms with Gasteiger partial charge in [-0.15, -0.1) is 0 Å². The zero-order valence-corrected chi connectivity index (χ0v) is 18.4. The van der Waals surface area contributed by atoms with Gasteiger partial charge in [-0.2, -0.15) is 10.4 Å². The number of rotatable bonds is 4. The maximum atomic E-state index is 13.5. The molecule has 1 fully saturated rings. The number of nitrogens with zero attached hydrogens (tertiary/aromatic N) is 3. The second-order valence-electron chi connectivity index (χ2n) is 8.44. The highest BCUT2D eigenvalue weighted by molar-refractivity contribution is 5.97. The Morgan fingerprint density at radius 1 is 1.24 bits per heavy atom. The predicted molar refractivity (Wildman–Crippen MR) is 124 cm³/mol. The van der Waals surface area contributed by atoms with Crippen molar-refractivity contribution in [3.8, 4) is 17.3 Å². The molecule has 0 radical (unpaired) electrons. The summed E-state index contributed by atoms with van der Waals surface area (Å²) in [6.07, 6.45) is 2.28. The molecule has 0 saturated carbocycles. The molecule has 1 aliphatic rings. The number of likely N-dealkylation sites (tertiary alicyclic amines) is 1. The third-order valence-corrected chi connectivity index (χ3v) is 6.19. The summed E-state index contributed by atoms with van der Waals surface area (Å²) < 4.78 is 13.5. The molecule has 0 aliphatic carbocycles. The number of aromatic amines is 2. The first-order chi connectivity index (χ1) is 16.4. The van der Waals surface area contributed by atoms with Gasteiger partial charge in [0, 0.05) is 35.4 Å². The monoisotopic (exact) mass is 456 g/mol. The molecule has 0 spiro atoms. The summed E-state index contributed by atoms with van der Waals surface area (Å²) in [4.78, 5) is 30.6. The molecule has 3 heterocycles. The number of amides is 2. The van der Waals surface area contributed by atoms with E-state index >= 15 is 0 Å². The number of halogens is 1. The summed E-state index contributed by atoms with van der Waals surface area (Å²) in [6, 6.07) is 13.3. The van der Waals surface area contributed by atoms with Gasteiger partial charge in [-0.3, -0.25) is 14.7 Å². The smallest absolute Gasteiger partial charge is 0.270 e. The first-order valence-corrected chi connectivity index (χ1v) is 10.9. The number of nitriles is 1. The average Bonchev–Trinajstić information content (AvgIpc) is 3.59. The highest BCUT2D eigenvalue weighted by Gasteiger charge is 2.32. The zero-order valence-electron chi connectivity index (χ0n) is 18.4. The number of anilines is 1. The predicted octanol–water partition coefficient (Wildman–Crippen LogP) is 3.98. The van der Waals surface area contributed by atoms with Gasteiger partial charge in [-0.1, -0.05) is 0 Å². The van der Waals surface area contributed by atoms with Gasteiger partial charge < -0.3 is 15.2 Å². The summed E-state index contributed by atoms with van der Waals surface area (Å²) >= 11 is 0. The molecule has 2 aromatic heterocycles. The molecule has 34 heavy (non-hydrogen) atoms. The molecule has 1 saturated heterocycles. The number of benzene rings is 2. The van der Waals surface area contributed by atoms with Crippen LogP contribution in [0.25, 0.3) is 22.2 Å². The number of aryl methyl sites for hydroxylation is 1. The number of aromatic nitrogens is 3. The van der Waals surface area contributed by atoms with Gasteiger partial charge in [0.2, 0.25) is 5.91 Å². The fourth-order valence-electron chi connectivity index (χ4n) is 4.33. The lowest BCUT2D eigenvalue weighted by Crippen LogP contribution is -2.31. The van der Waals surface area contributed by atoms with Gasteiger partial charge in [0.1, 0.15) is 17.6 Å². The van der Waals surface area contributed by atoms with E-state index in [4.69, 9.17) is 5.26 Å². The number of carbonyl (C=O) groups is 2. The molecule has 1 atom stereocenters. The molecule has 5 rings (SSSR count). The Kier molecular flexibility index (Phi) is 5.34. The van der Waals surface area contributed by atoms with Gasteiger partial charge in [-0.25, -0.2) is 4.39 Å². The number of fused-ring (bicyclic) bond motifs is 1. The van der Waals surface area contributed by atoms with E-state index in [2.05, 4.69) is 20.5 Å². The summed E-state index contributed by atoms with van der Waals surface area (Å²) in [6.45, 7) is 2.74. The minimum absolute atomic E-state index is 0.134. The first kappa shape index (κ1) is 21.4. The van der Waals surface area contributed by atoms with Crippen LogP contribution in [0.4, 0.5) is 10.1 Å². The van der Waals surface area contributed by atoms with Crippen molar-refractivity contribution in [2.75, 3.05) is 18.4 Å². The Morgan fingerprint density at radius 3 is 2.91 bits per heavy atom. The average molecular weight is 456 g/mol. The topological polar surface area (TPSA) is 118 Å². The normalized spacial score (nSPS) is 15.4. The molecule has 4 aromatic rings. The van der Waals surface area contributed by atoms with Gasteiger partial charge in [-0.05, 0) is 61.4 Å². The second-order valence-corrected chi connectivity index (χ2v) is 8.44. The lowest BCUT2D eigenvalue weighted by Gasteiger charge is -2.16. The van der Waals surface area contributed by atoms with Crippen LogP contribution < -0.4 is 5.32 Å². The fourth-order valence-corrected chi connectivity index (χ4v) is 4.33. The number of hydrogen-bond donors (Lipinski definition) is 3. The van der Waals surface area contributed by atoms with Crippen molar-refractivity contribution in [2.45, 2.75) is 13.3 Å². The third kappa shape index (κ3) is 3.90. The molecular formula is C25H21FN6O2. The van der Waals surface area contributed by atoms with Crippen molar-refractivity contribution >= 4 is 28.4 Å². The SMILES string of the molecule is Cc1cc2[nH]ncc2cc1-c1ccc(C(=O)N2CC[C@H](C(=O)Nc3ccc(F)c(C#N)c3)C2)[nH]1. The van der Waals surface area contributed by atoms with Crippen LogP contribution in [0.3, 0.4) is 0 Å². The minimum atomic E-state index is -0.636. The maximum Gasteiger partial charge on any atom is 0.270 e. The maximum absolute atomic E-state index is 13.5. The van der Waals surface area contributed by atoms with Crippen LogP contribution in [-0.4, -0.2) is 45.0 Å². The van der Waals surface area contributed by atoms with E-state index in [1.807, 2.05) is 25.1 Å². The number of hydrogen-bond acceptors (Lipinski definition) is 4. The Morgan fingerprint density at radius 2 is 2.09 bits per heavy atom. The molecule has 2 amide bonds. The van der Waals surface area contributed by atoms with Crippen molar-refractivity contribution in [1.82, 2.24) is 20.1 Å². The second kappa shape index (κ2) is 8.48. The fraction of sp³-hybridized carbons (Fsp3) is 0.200. The lowest BCUT2D eigenvalue weighted by atomic mass is 10.0. The summed E-state index contributed by atoms with van der Waals surface area (Å²) in [7, 11) is 0. The van der Waals surface area contributed by atoms with Gasteiger partial charge in [0.15, 0.2) is 0 Å². The Hall–Kier alpha value is -4.45. The molecule has 0 bridgehead atoms. The largest absolute Gasteiger partial charge is 0.351 e. The Balaban J connectivity index is 1.26. The quantitative estimate of drug-likeness (QED) is 0.430. The van der Waals surface area contributed by atoms with Crippen LogP contribution >= 0.6 is 0 Å². The summed E-state index contributed by atoms with van der Waals surface area (Å²) in [5.41, 5.74) is 4.51. The first-order valence-electron chi connectivity index (χ1n) is 10.9. The molecule has 8 nitrogen and oxygen atoms in total. The molecule has 0 unspecified atom stereocenters. The lowest BCUT2D eigenvalue weighted by molar-refractivity contribution is -0.119. The van der Waals surface area contributed by atoms with Crippen molar-refractivity contribution < 1.29 is 14.0 Å². The molecule has 3 N–H and O–H groups in total. The van der Waals surface area contributed by atoms with Crippen molar-refractivity contribution in [2.24, 2.45) is 5.92 Å². The third-order valence-electron chi connectivity index (χ3n) is 6.19. The van der Waals surface area contributed by atoms with Crippen LogP contribution in [-0.2, 0) is 4.79 Å².